The third kappa shape index (κ3) is 4.18. The summed E-state index contributed by atoms with van der Waals surface area (Å²) in [6.07, 6.45) is 0. The van der Waals surface area contributed by atoms with E-state index >= 15 is 0 Å². The summed E-state index contributed by atoms with van der Waals surface area (Å²) in [5, 5.41) is 20.7. The molecule has 0 saturated heterocycles. The molecule has 0 aliphatic heterocycles. The molecule has 0 saturated carbocycles. The van der Waals surface area contributed by atoms with E-state index in [1.807, 2.05) is 60.7 Å². The Bertz CT molecular complexity index is 1140. The number of hydrogen-bond donors (Lipinski definition) is 2. The molecule has 1 heterocycles. The molecule has 0 radical (unpaired) electrons. The van der Waals surface area contributed by atoms with Gasteiger partial charge in [0.2, 0.25) is 0 Å². The first-order valence-corrected chi connectivity index (χ1v) is 10.1. The third-order valence-corrected chi connectivity index (χ3v) is 5.44. The molecule has 4 rings (SSSR count). The van der Waals surface area contributed by atoms with Gasteiger partial charge in [0.25, 0.3) is 0 Å². The van der Waals surface area contributed by atoms with Crippen molar-refractivity contribution in [3.63, 3.8) is 0 Å². The number of aromatic nitrogens is 1. The van der Waals surface area contributed by atoms with Crippen molar-refractivity contribution in [2.45, 2.75) is 6.54 Å². The third-order valence-electron chi connectivity index (χ3n) is 5.19. The van der Waals surface area contributed by atoms with Gasteiger partial charge in [-0.3, -0.25) is 0 Å². The molecular formula is C25H22ClNO4. The summed E-state index contributed by atoms with van der Waals surface area (Å²) in [7, 11) is 3.06. The molecule has 0 spiro atoms. The maximum Gasteiger partial charge on any atom is 0.161 e. The first kappa shape index (κ1) is 20.7. The smallest absolute Gasteiger partial charge is 0.161 e. The molecule has 2 N–H and O–H groups in total. The molecule has 4 aromatic rings. The topological polar surface area (TPSA) is 63.8 Å². The van der Waals surface area contributed by atoms with Crippen LogP contribution in [0.1, 0.15) is 5.56 Å². The molecule has 0 aliphatic rings. The van der Waals surface area contributed by atoms with E-state index in [9.17, 15) is 10.2 Å². The highest BCUT2D eigenvalue weighted by molar-refractivity contribution is 6.30. The van der Waals surface area contributed by atoms with Crippen LogP contribution < -0.4 is 9.47 Å². The fourth-order valence-electron chi connectivity index (χ4n) is 3.59. The first-order valence-electron chi connectivity index (χ1n) is 9.69. The Morgan fingerprint density at radius 2 is 1.19 bits per heavy atom. The molecule has 158 valence electrons. The number of halogens is 1. The first-order chi connectivity index (χ1) is 15.0. The van der Waals surface area contributed by atoms with E-state index in [4.69, 9.17) is 21.1 Å². The number of nitrogens with zero attached hydrogens (tertiary/aromatic N) is 1. The molecule has 0 bridgehead atoms. The summed E-state index contributed by atoms with van der Waals surface area (Å²) in [5.74, 6) is 0.991. The zero-order chi connectivity index (χ0) is 22.0. The van der Waals surface area contributed by atoms with Crippen molar-refractivity contribution in [3.8, 4) is 45.5 Å². The number of aromatic hydroxyl groups is 2. The van der Waals surface area contributed by atoms with Crippen molar-refractivity contribution in [1.82, 2.24) is 4.57 Å². The van der Waals surface area contributed by atoms with E-state index in [2.05, 4.69) is 4.57 Å². The minimum absolute atomic E-state index is 0.0885. The number of phenols is 2. The predicted octanol–water partition coefficient (Wildman–Crippen LogP) is 5.95. The Hall–Kier alpha value is -3.57. The number of hydrogen-bond acceptors (Lipinski definition) is 4. The van der Waals surface area contributed by atoms with E-state index in [1.165, 1.54) is 14.2 Å². The minimum Gasteiger partial charge on any atom is -0.504 e. The van der Waals surface area contributed by atoms with E-state index in [0.29, 0.717) is 23.1 Å². The quantitative estimate of drug-likeness (QED) is 0.392. The molecule has 6 heteroatoms. The molecule has 0 fully saturated rings. The van der Waals surface area contributed by atoms with Crippen LogP contribution in [0.15, 0.2) is 72.8 Å². The Morgan fingerprint density at radius 1 is 0.710 bits per heavy atom. The van der Waals surface area contributed by atoms with Crippen molar-refractivity contribution in [2.24, 2.45) is 0 Å². The van der Waals surface area contributed by atoms with Crippen LogP contribution >= 0.6 is 11.6 Å². The van der Waals surface area contributed by atoms with Crippen molar-refractivity contribution >= 4 is 11.6 Å². The van der Waals surface area contributed by atoms with Gasteiger partial charge >= 0.3 is 0 Å². The second-order valence-electron chi connectivity index (χ2n) is 7.09. The molecule has 3 aromatic carbocycles. The largest absolute Gasteiger partial charge is 0.504 e. The molecule has 1 aromatic heterocycles. The van der Waals surface area contributed by atoms with Gasteiger partial charge in [-0.15, -0.1) is 0 Å². The van der Waals surface area contributed by atoms with Gasteiger partial charge < -0.3 is 24.3 Å². The van der Waals surface area contributed by atoms with Gasteiger partial charge in [0.05, 0.1) is 14.2 Å². The highest BCUT2D eigenvalue weighted by atomic mass is 35.5. The lowest BCUT2D eigenvalue weighted by Gasteiger charge is -2.16. The van der Waals surface area contributed by atoms with Gasteiger partial charge in [0, 0.05) is 34.1 Å². The molecule has 5 nitrogen and oxygen atoms in total. The second-order valence-corrected chi connectivity index (χ2v) is 7.53. The Labute approximate surface area is 185 Å². The molecule has 0 unspecified atom stereocenters. The number of rotatable bonds is 6. The van der Waals surface area contributed by atoms with Gasteiger partial charge in [-0.2, -0.15) is 0 Å². The fraction of sp³-hybridized carbons (Fsp3) is 0.120. The van der Waals surface area contributed by atoms with E-state index in [1.54, 1.807) is 12.1 Å². The Kier molecular flexibility index (Phi) is 5.78. The van der Waals surface area contributed by atoms with Gasteiger partial charge in [-0.25, -0.2) is 0 Å². The summed E-state index contributed by atoms with van der Waals surface area (Å²) >= 11 is 6.06. The lowest BCUT2D eigenvalue weighted by molar-refractivity contribution is 0.373. The average molecular weight is 436 g/mol. The van der Waals surface area contributed by atoms with Crippen LogP contribution in [0, 0.1) is 0 Å². The minimum atomic E-state index is 0.0885. The summed E-state index contributed by atoms with van der Waals surface area (Å²) in [6, 6.07) is 22.3. The fourth-order valence-corrected chi connectivity index (χ4v) is 3.71. The van der Waals surface area contributed by atoms with Gasteiger partial charge in [-0.05, 0) is 66.2 Å². The highest BCUT2D eigenvalue weighted by Gasteiger charge is 2.15. The average Bonchev–Trinajstić information content (AvgIpc) is 3.19. The molecule has 0 aliphatic carbocycles. The van der Waals surface area contributed by atoms with Crippen LogP contribution in [0.5, 0.6) is 23.0 Å². The van der Waals surface area contributed by atoms with E-state index in [-0.39, 0.29) is 11.5 Å². The highest BCUT2D eigenvalue weighted by Crippen LogP contribution is 2.37. The van der Waals surface area contributed by atoms with E-state index in [0.717, 1.165) is 28.1 Å². The summed E-state index contributed by atoms with van der Waals surface area (Å²) < 4.78 is 12.8. The number of ether oxygens (including phenoxy) is 2. The van der Waals surface area contributed by atoms with Crippen LogP contribution in [0.25, 0.3) is 22.5 Å². The zero-order valence-corrected chi connectivity index (χ0v) is 17.9. The van der Waals surface area contributed by atoms with E-state index < -0.39 is 0 Å². The summed E-state index contributed by atoms with van der Waals surface area (Å²) in [4.78, 5) is 0. The lowest BCUT2D eigenvalue weighted by Crippen LogP contribution is -2.04. The molecule has 0 amide bonds. The molecular weight excluding hydrogens is 414 g/mol. The Balaban J connectivity index is 1.87. The van der Waals surface area contributed by atoms with Crippen molar-refractivity contribution < 1.29 is 19.7 Å². The van der Waals surface area contributed by atoms with Gasteiger partial charge in [0.15, 0.2) is 23.0 Å². The number of methoxy groups -OCH3 is 2. The van der Waals surface area contributed by atoms with Gasteiger partial charge in [-0.1, -0.05) is 23.7 Å². The SMILES string of the molecule is COc1cc(-c2ccc(-c3ccc(O)c(OC)c3)n2Cc2ccc(Cl)cc2)ccc1O. The van der Waals surface area contributed by atoms with Crippen LogP contribution in [0.3, 0.4) is 0 Å². The van der Waals surface area contributed by atoms with Crippen molar-refractivity contribution in [1.29, 1.82) is 0 Å². The number of benzene rings is 3. The van der Waals surface area contributed by atoms with Crippen LogP contribution in [-0.4, -0.2) is 29.0 Å². The lowest BCUT2D eigenvalue weighted by atomic mass is 10.1. The predicted molar refractivity (Wildman–Crippen MR) is 122 cm³/mol. The maximum absolute atomic E-state index is 10.00. The summed E-state index contributed by atoms with van der Waals surface area (Å²) in [6.45, 7) is 0.598. The zero-order valence-electron chi connectivity index (χ0n) is 17.2. The van der Waals surface area contributed by atoms with Crippen molar-refractivity contribution in [3.05, 3.63) is 83.4 Å². The maximum atomic E-state index is 10.00. The Morgan fingerprint density at radius 3 is 1.65 bits per heavy atom. The second kappa shape index (κ2) is 8.66. The summed E-state index contributed by atoms with van der Waals surface area (Å²) in [5.41, 5.74) is 4.80. The van der Waals surface area contributed by atoms with Crippen LogP contribution in [0.4, 0.5) is 0 Å². The van der Waals surface area contributed by atoms with Crippen LogP contribution in [-0.2, 0) is 6.54 Å². The standard InChI is InChI=1S/C25H22ClNO4/c1-30-24-13-17(5-11-22(24)28)20-9-10-21(18-6-12-23(29)25(14-18)31-2)27(20)15-16-3-7-19(26)8-4-16/h3-14,28-29H,15H2,1-2H3. The van der Waals surface area contributed by atoms with Gasteiger partial charge in [0.1, 0.15) is 0 Å². The monoisotopic (exact) mass is 435 g/mol. The van der Waals surface area contributed by atoms with Crippen LogP contribution in [0.2, 0.25) is 5.02 Å². The number of phenolic OH excluding ortho intramolecular Hbond substituents is 2. The van der Waals surface area contributed by atoms with Crippen molar-refractivity contribution in [2.75, 3.05) is 14.2 Å². The molecule has 31 heavy (non-hydrogen) atoms. The normalized spacial score (nSPS) is 10.8. The molecule has 0 atom stereocenters.